The number of rotatable bonds is 10. The van der Waals surface area contributed by atoms with Gasteiger partial charge < -0.3 is 38.6 Å². The van der Waals surface area contributed by atoms with Crippen LogP contribution in [0.5, 0.6) is 17.2 Å². The molecule has 2 aromatic carbocycles. The fourth-order valence-electron chi connectivity index (χ4n) is 4.13. The average Bonchev–Trinajstić information content (AvgIpc) is 2.87. The van der Waals surface area contributed by atoms with E-state index in [0.29, 0.717) is 5.56 Å². The van der Waals surface area contributed by atoms with Crippen LogP contribution >= 0.6 is 0 Å². The first-order chi connectivity index (χ1) is 19.3. The fraction of sp³-hybridized carbons (Fsp3) is 0.393. The number of carbonyl (C=O) groups excluding carboxylic acids is 5. The zero-order valence-electron chi connectivity index (χ0n) is 22.7. The van der Waals surface area contributed by atoms with E-state index in [1.165, 1.54) is 24.3 Å². The summed E-state index contributed by atoms with van der Waals surface area (Å²) in [4.78, 5) is 60.0. The van der Waals surface area contributed by atoms with E-state index in [4.69, 9.17) is 28.4 Å². The van der Waals surface area contributed by atoms with Gasteiger partial charge in [0.2, 0.25) is 12.4 Å². The van der Waals surface area contributed by atoms with Crippen LogP contribution in [0.25, 0.3) is 0 Å². The van der Waals surface area contributed by atoms with Crippen LogP contribution in [0.2, 0.25) is 0 Å². The lowest BCUT2D eigenvalue weighted by atomic mass is 9.98. The van der Waals surface area contributed by atoms with Gasteiger partial charge >= 0.3 is 23.9 Å². The highest BCUT2D eigenvalue weighted by Gasteiger charge is 2.53. The van der Waals surface area contributed by atoms with Crippen molar-refractivity contribution >= 4 is 29.7 Å². The predicted molar refractivity (Wildman–Crippen MR) is 137 cm³/mol. The van der Waals surface area contributed by atoms with Gasteiger partial charge in [-0.3, -0.25) is 24.0 Å². The molecule has 1 aliphatic heterocycles. The third-order valence-corrected chi connectivity index (χ3v) is 5.77. The largest absolute Gasteiger partial charge is 0.508 e. The molecule has 0 amide bonds. The molecule has 3 rings (SSSR count). The molecule has 0 saturated carbocycles. The molecule has 2 aromatic rings. The zero-order chi connectivity index (χ0) is 30.3. The van der Waals surface area contributed by atoms with Crippen LogP contribution < -0.4 is 4.74 Å². The van der Waals surface area contributed by atoms with E-state index in [2.05, 4.69) is 0 Å². The lowest BCUT2D eigenvalue weighted by Crippen LogP contribution is -2.63. The zero-order valence-corrected chi connectivity index (χ0v) is 22.7. The van der Waals surface area contributed by atoms with Crippen molar-refractivity contribution in [3.05, 3.63) is 53.6 Å². The summed E-state index contributed by atoms with van der Waals surface area (Å²) in [6.07, 6.45) is -7.02. The quantitative estimate of drug-likeness (QED) is 0.239. The Morgan fingerprint density at radius 2 is 1.34 bits per heavy atom. The maximum absolute atomic E-state index is 12.8. The first-order valence-electron chi connectivity index (χ1n) is 12.4. The van der Waals surface area contributed by atoms with Gasteiger partial charge in [0.25, 0.3) is 0 Å². The van der Waals surface area contributed by atoms with Crippen molar-refractivity contribution in [1.82, 2.24) is 0 Å². The summed E-state index contributed by atoms with van der Waals surface area (Å²) < 4.78 is 32.8. The van der Waals surface area contributed by atoms with Crippen LogP contribution in [-0.2, 0) is 49.3 Å². The highest BCUT2D eigenvalue weighted by Crippen LogP contribution is 2.33. The second-order valence-electron chi connectivity index (χ2n) is 9.13. The Balaban J connectivity index is 1.90. The molecule has 1 saturated heterocycles. The van der Waals surface area contributed by atoms with Gasteiger partial charge in [-0.15, -0.1) is 0 Å². The van der Waals surface area contributed by atoms with Crippen molar-refractivity contribution in [3.8, 4) is 17.2 Å². The molecular formula is C28H30O13. The van der Waals surface area contributed by atoms with E-state index in [-0.39, 0.29) is 23.5 Å². The van der Waals surface area contributed by atoms with Gasteiger partial charge in [0.05, 0.1) is 5.56 Å². The van der Waals surface area contributed by atoms with E-state index in [9.17, 15) is 34.2 Å². The summed E-state index contributed by atoms with van der Waals surface area (Å²) >= 11 is 0. The molecule has 41 heavy (non-hydrogen) atoms. The minimum absolute atomic E-state index is 0.00744. The van der Waals surface area contributed by atoms with Gasteiger partial charge in [-0.2, -0.15) is 0 Å². The molecule has 1 heterocycles. The number of aromatic hydroxyl groups is 2. The number of ether oxygens (including phenoxy) is 6. The van der Waals surface area contributed by atoms with Crippen LogP contribution in [0.3, 0.4) is 0 Å². The number of phenolic OH excluding ortho intramolecular Hbond substituents is 2. The topological polar surface area (TPSA) is 181 Å². The smallest absolute Gasteiger partial charge is 0.303 e. The fourth-order valence-corrected chi connectivity index (χ4v) is 4.13. The summed E-state index contributed by atoms with van der Waals surface area (Å²) in [6.45, 7) is 4.00. The molecule has 0 radical (unpaired) electrons. The number of Topliss-reactive ketones (excluding diaryl/α,β-unsaturated/α-hetero) is 1. The third kappa shape index (κ3) is 8.67. The Bertz CT molecular complexity index is 1290. The number of hydrogen-bond acceptors (Lipinski definition) is 13. The Morgan fingerprint density at radius 1 is 0.756 bits per heavy atom. The minimum Gasteiger partial charge on any atom is -0.508 e. The molecule has 1 aliphatic rings. The summed E-state index contributed by atoms with van der Waals surface area (Å²) in [5, 5.41) is 20.0. The van der Waals surface area contributed by atoms with Crippen LogP contribution in [0.4, 0.5) is 0 Å². The summed E-state index contributed by atoms with van der Waals surface area (Å²) in [5.74, 6) is -3.85. The van der Waals surface area contributed by atoms with Crippen LogP contribution in [0, 0.1) is 0 Å². The highest BCUT2D eigenvalue weighted by molar-refractivity contribution is 6.00. The number of hydrogen-bond donors (Lipinski definition) is 2. The number of ketones is 1. The normalized spacial score (nSPS) is 21.7. The minimum atomic E-state index is -1.51. The van der Waals surface area contributed by atoms with Gasteiger partial charge in [0.15, 0.2) is 18.0 Å². The van der Waals surface area contributed by atoms with Gasteiger partial charge in [-0.25, -0.2) is 0 Å². The van der Waals surface area contributed by atoms with E-state index >= 15 is 0 Å². The molecule has 13 nitrogen and oxygen atoms in total. The molecule has 0 aromatic heterocycles. The van der Waals surface area contributed by atoms with Crippen LogP contribution in [0.15, 0.2) is 42.5 Å². The standard InChI is InChI=1S/C28H30O13/c1-14(29)36-13-24-25(37-15(2)30)26(38-16(3)31)27(39-17(4)32)28(41-24)40-20-9-10-21(23(35)12-20)22(34)11-18-5-7-19(33)8-6-18/h5-10,12,24-28,33,35H,11,13H2,1-4H3/t24-,25-,26-,27+,28-/m0/s1. The van der Waals surface area contributed by atoms with E-state index in [1.807, 2.05) is 0 Å². The Kier molecular flexibility index (Phi) is 10.3. The van der Waals surface area contributed by atoms with Gasteiger partial charge in [-0.05, 0) is 29.8 Å². The monoisotopic (exact) mass is 574 g/mol. The molecule has 0 unspecified atom stereocenters. The van der Waals surface area contributed by atoms with Crippen molar-refractivity contribution in [2.24, 2.45) is 0 Å². The number of carbonyl (C=O) groups is 5. The predicted octanol–water partition coefficient (Wildman–Crippen LogP) is 1.99. The average molecular weight is 575 g/mol. The molecule has 13 heteroatoms. The number of esters is 4. The molecule has 0 spiro atoms. The molecule has 2 N–H and O–H groups in total. The van der Waals surface area contributed by atoms with Crippen molar-refractivity contribution in [2.75, 3.05) is 6.61 Å². The maximum atomic E-state index is 12.8. The van der Waals surface area contributed by atoms with Crippen molar-refractivity contribution < 1.29 is 62.6 Å². The van der Waals surface area contributed by atoms with Crippen molar-refractivity contribution in [3.63, 3.8) is 0 Å². The van der Waals surface area contributed by atoms with Crippen molar-refractivity contribution in [1.29, 1.82) is 0 Å². The van der Waals surface area contributed by atoms with Gasteiger partial charge in [0.1, 0.15) is 30.0 Å². The molecule has 0 aliphatic carbocycles. The van der Waals surface area contributed by atoms with Crippen molar-refractivity contribution in [2.45, 2.75) is 64.8 Å². The summed E-state index contributed by atoms with van der Waals surface area (Å²) in [7, 11) is 0. The van der Waals surface area contributed by atoms with Crippen LogP contribution in [0.1, 0.15) is 43.6 Å². The maximum Gasteiger partial charge on any atom is 0.303 e. The third-order valence-electron chi connectivity index (χ3n) is 5.77. The summed E-state index contributed by atoms with van der Waals surface area (Å²) in [5.41, 5.74) is 0.608. The SMILES string of the molecule is CC(=O)OC[C@@H]1O[C@H](Oc2ccc(C(=O)Cc3ccc(O)cc3)c(O)c2)[C@H](OC(C)=O)[C@@H](OC(C)=O)[C@H]1OC(C)=O. The number of benzene rings is 2. The molecule has 220 valence electrons. The molecule has 1 fully saturated rings. The Labute approximate surface area is 234 Å². The first kappa shape index (κ1) is 30.9. The molecule has 5 atom stereocenters. The van der Waals surface area contributed by atoms with E-state index in [0.717, 1.165) is 33.8 Å². The molecule has 0 bridgehead atoms. The Morgan fingerprint density at radius 3 is 1.90 bits per heavy atom. The first-order valence-corrected chi connectivity index (χ1v) is 12.4. The van der Waals surface area contributed by atoms with Gasteiger partial charge in [-0.1, -0.05) is 12.1 Å². The van der Waals surface area contributed by atoms with Gasteiger partial charge in [0, 0.05) is 40.2 Å². The number of phenols is 2. The van der Waals surface area contributed by atoms with E-state index in [1.54, 1.807) is 12.1 Å². The van der Waals surface area contributed by atoms with E-state index < -0.39 is 72.7 Å². The van der Waals surface area contributed by atoms with Crippen LogP contribution in [-0.4, -0.2) is 77.2 Å². The second-order valence-corrected chi connectivity index (χ2v) is 9.13. The lowest BCUT2D eigenvalue weighted by Gasteiger charge is -2.43. The molecular weight excluding hydrogens is 544 g/mol. The highest BCUT2D eigenvalue weighted by atomic mass is 16.7. The Hall–Kier alpha value is -4.65. The lowest BCUT2D eigenvalue weighted by molar-refractivity contribution is -0.288. The summed E-state index contributed by atoms with van der Waals surface area (Å²) in [6, 6.07) is 9.84. The second kappa shape index (κ2) is 13.6.